The van der Waals surface area contributed by atoms with Crippen LogP contribution in [-0.4, -0.2) is 20.3 Å². The Kier molecular flexibility index (Phi) is 3.74. The second-order valence-electron chi connectivity index (χ2n) is 4.03. The third-order valence-electron chi connectivity index (χ3n) is 2.60. The Hall–Kier alpha value is -2.54. The van der Waals surface area contributed by atoms with Gasteiger partial charge in [-0.1, -0.05) is 16.8 Å². The number of ether oxygens (including phenoxy) is 1. The van der Waals surface area contributed by atoms with Gasteiger partial charge in [0.15, 0.2) is 5.15 Å². The van der Waals surface area contributed by atoms with Crippen molar-refractivity contribution in [2.24, 2.45) is 0 Å². The molecule has 0 saturated heterocycles. The number of aromatic nitrogens is 4. The molecule has 3 rings (SSSR count). The summed E-state index contributed by atoms with van der Waals surface area (Å²) in [7, 11) is 0. The molecule has 0 spiro atoms. The minimum absolute atomic E-state index is 0.161. The number of pyridine rings is 1. The molecule has 21 heavy (non-hydrogen) atoms. The second-order valence-corrected chi connectivity index (χ2v) is 4.42. The zero-order chi connectivity index (χ0) is 14.7. The van der Waals surface area contributed by atoms with Crippen LogP contribution in [0.1, 0.15) is 5.56 Å². The molecule has 0 aliphatic heterocycles. The van der Waals surface area contributed by atoms with Gasteiger partial charge < -0.3 is 9.26 Å². The van der Waals surface area contributed by atoms with Crippen molar-refractivity contribution in [2.45, 2.75) is 6.61 Å². The van der Waals surface area contributed by atoms with Gasteiger partial charge in [-0.3, -0.25) is 4.98 Å². The Morgan fingerprint density at radius 1 is 1.19 bits per heavy atom. The minimum atomic E-state index is -0.420. The second kappa shape index (κ2) is 5.84. The highest BCUT2D eigenvalue weighted by Crippen LogP contribution is 2.21. The summed E-state index contributed by atoms with van der Waals surface area (Å²) in [6, 6.07) is 5.98. The van der Waals surface area contributed by atoms with Crippen LogP contribution < -0.4 is 4.74 Å². The van der Waals surface area contributed by atoms with E-state index >= 15 is 0 Å². The van der Waals surface area contributed by atoms with Crippen molar-refractivity contribution in [3.63, 3.8) is 0 Å². The smallest absolute Gasteiger partial charge is 0.233 e. The van der Waals surface area contributed by atoms with Gasteiger partial charge in [0.05, 0.1) is 17.5 Å². The fraction of sp³-hybridized carbons (Fsp3) is 0.0769. The van der Waals surface area contributed by atoms with E-state index in [0.29, 0.717) is 22.8 Å². The third kappa shape index (κ3) is 3.14. The Balaban J connectivity index is 1.76. The van der Waals surface area contributed by atoms with Gasteiger partial charge in [0.25, 0.3) is 0 Å². The molecule has 106 valence electrons. The summed E-state index contributed by atoms with van der Waals surface area (Å²) < 4.78 is 23.2. The van der Waals surface area contributed by atoms with Crippen molar-refractivity contribution in [1.29, 1.82) is 0 Å². The van der Waals surface area contributed by atoms with E-state index in [1.54, 1.807) is 12.1 Å². The van der Waals surface area contributed by atoms with Gasteiger partial charge in [0, 0.05) is 6.07 Å². The Labute approximate surface area is 123 Å². The predicted molar refractivity (Wildman–Crippen MR) is 71.1 cm³/mol. The highest BCUT2D eigenvalue weighted by Gasteiger charge is 2.12. The van der Waals surface area contributed by atoms with E-state index in [2.05, 4.69) is 20.3 Å². The fourth-order valence-corrected chi connectivity index (χ4v) is 1.72. The molecule has 3 aromatic heterocycles. The van der Waals surface area contributed by atoms with Gasteiger partial charge >= 0.3 is 0 Å². The largest absolute Gasteiger partial charge is 0.472 e. The third-order valence-corrected chi connectivity index (χ3v) is 2.80. The summed E-state index contributed by atoms with van der Waals surface area (Å²) in [4.78, 5) is 3.95. The maximum Gasteiger partial charge on any atom is 0.233 e. The molecule has 0 fully saturated rings. The van der Waals surface area contributed by atoms with Crippen LogP contribution in [0.5, 0.6) is 5.88 Å². The van der Waals surface area contributed by atoms with Crippen molar-refractivity contribution >= 4 is 11.6 Å². The topological polar surface area (TPSA) is 73.9 Å². The molecular formula is C13H8ClFN4O2. The zero-order valence-electron chi connectivity index (χ0n) is 10.5. The Morgan fingerprint density at radius 3 is 2.81 bits per heavy atom. The lowest BCUT2D eigenvalue weighted by Gasteiger charge is -2.03. The highest BCUT2D eigenvalue weighted by atomic mass is 35.5. The predicted octanol–water partition coefficient (Wildman–Crippen LogP) is 2.90. The SMILES string of the molecule is Fc1ccc(-c2nocc2COc2ccc(Cl)nn2)nc1. The standard InChI is InChI=1S/C13H8ClFN4O2/c14-11-3-4-12(18-17-11)20-6-8-7-21-19-13(8)10-2-1-9(15)5-16-10/h1-5,7H,6H2. The zero-order valence-corrected chi connectivity index (χ0v) is 11.3. The van der Waals surface area contributed by atoms with Gasteiger partial charge in [-0.25, -0.2) is 4.39 Å². The van der Waals surface area contributed by atoms with E-state index in [0.717, 1.165) is 6.20 Å². The van der Waals surface area contributed by atoms with Crippen LogP contribution in [0.2, 0.25) is 5.15 Å². The number of rotatable bonds is 4. The lowest BCUT2D eigenvalue weighted by Crippen LogP contribution is -1.99. The molecule has 0 aliphatic rings. The first-order valence-electron chi connectivity index (χ1n) is 5.89. The molecule has 3 aromatic rings. The lowest BCUT2D eigenvalue weighted by atomic mass is 10.2. The molecule has 6 nitrogen and oxygen atoms in total. The number of nitrogens with zero attached hydrogens (tertiary/aromatic N) is 4. The number of hydrogen-bond donors (Lipinski definition) is 0. The molecule has 0 aromatic carbocycles. The average molecular weight is 307 g/mol. The van der Waals surface area contributed by atoms with Gasteiger partial charge in [-0.2, -0.15) is 0 Å². The lowest BCUT2D eigenvalue weighted by molar-refractivity contribution is 0.289. The van der Waals surface area contributed by atoms with Crippen LogP contribution in [0.25, 0.3) is 11.4 Å². The molecular weight excluding hydrogens is 299 g/mol. The fourth-order valence-electron chi connectivity index (χ4n) is 1.62. The van der Waals surface area contributed by atoms with Crippen LogP contribution in [0.15, 0.2) is 41.2 Å². The molecule has 0 aliphatic carbocycles. The van der Waals surface area contributed by atoms with Crippen molar-refractivity contribution in [1.82, 2.24) is 20.3 Å². The number of halogens is 2. The van der Waals surface area contributed by atoms with Crippen LogP contribution in [0, 0.1) is 5.82 Å². The average Bonchev–Trinajstić information content (AvgIpc) is 2.96. The molecule has 0 atom stereocenters. The molecule has 0 saturated carbocycles. The van der Waals surface area contributed by atoms with Crippen molar-refractivity contribution in [2.75, 3.05) is 0 Å². The first kappa shape index (κ1) is 13.4. The number of hydrogen-bond acceptors (Lipinski definition) is 6. The molecule has 0 bridgehead atoms. The van der Waals surface area contributed by atoms with Crippen LogP contribution in [0.3, 0.4) is 0 Å². The van der Waals surface area contributed by atoms with Gasteiger partial charge in [0.2, 0.25) is 5.88 Å². The molecule has 0 unspecified atom stereocenters. The van der Waals surface area contributed by atoms with E-state index in [1.165, 1.54) is 18.4 Å². The van der Waals surface area contributed by atoms with Gasteiger partial charge in [0.1, 0.15) is 24.4 Å². The summed E-state index contributed by atoms with van der Waals surface area (Å²) in [6.07, 6.45) is 2.54. The first-order valence-corrected chi connectivity index (χ1v) is 6.27. The van der Waals surface area contributed by atoms with Crippen LogP contribution in [0.4, 0.5) is 4.39 Å². The summed E-state index contributed by atoms with van der Waals surface area (Å²) in [5, 5.41) is 11.6. The first-order chi connectivity index (χ1) is 10.2. The van der Waals surface area contributed by atoms with E-state index in [4.69, 9.17) is 20.9 Å². The summed E-state index contributed by atoms with van der Waals surface area (Å²) in [6.45, 7) is 0.161. The van der Waals surface area contributed by atoms with Crippen molar-refractivity contribution in [3.05, 3.63) is 53.3 Å². The summed E-state index contributed by atoms with van der Waals surface area (Å²) in [5.74, 6) is -0.102. The highest BCUT2D eigenvalue weighted by molar-refractivity contribution is 6.29. The Morgan fingerprint density at radius 2 is 2.10 bits per heavy atom. The molecule has 0 amide bonds. The molecule has 3 heterocycles. The normalized spacial score (nSPS) is 10.6. The molecule has 0 radical (unpaired) electrons. The van der Waals surface area contributed by atoms with E-state index < -0.39 is 5.82 Å². The van der Waals surface area contributed by atoms with Crippen LogP contribution >= 0.6 is 11.6 Å². The van der Waals surface area contributed by atoms with Crippen LogP contribution in [-0.2, 0) is 6.61 Å². The minimum Gasteiger partial charge on any atom is -0.472 e. The van der Waals surface area contributed by atoms with Gasteiger partial charge in [-0.05, 0) is 18.2 Å². The Bertz CT molecular complexity index is 731. The summed E-state index contributed by atoms with van der Waals surface area (Å²) >= 11 is 5.64. The van der Waals surface area contributed by atoms with E-state index in [-0.39, 0.29) is 11.8 Å². The van der Waals surface area contributed by atoms with Gasteiger partial charge in [-0.15, -0.1) is 10.2 Å². The van der Waals surface area contributed by atoms with Crippen molar-refractivity contribution in [3.8, 4) is 17.3 Å². The summed E-state index contributed by atoms with van der Waals surface area (Å²) in [5.41, 5.74) is 1.63. The molecule has 0 N–H and O–H groups in total. The maximum absolute atomic E-state index is 12.9. The maximum atomic E-state index is 12.9. The quantitative estimate of drug-likeness (QED) is 0.738. The van der Waals surface area contributed by atoms with Crippen molar-refractivity contribution < 1.29 is 13.7 Å². The molecule has 8 heteroatoms. The monoisotopic (exact) mass is 306 g/mol. The van der Waals surface area contributed by atoms with E-state index in [1.807, 2.05) is 0 Å². The van der Waals surface area contributed by atoms with E-state index in [9.17, 15) is 4.39 Å².